The molecular formula is C12H12F3NO4S. The van der Waals surface area contributed by atoms with Crippen molar-refractivity contribution in [2.24, 2.45) is 0 Å². The fraction of sp³-hybridized carbons (Fsp3) is 0.333. The van der Waals surface area contributed by atoms with Crippen LogP contribution in [0.2, 0.25) is 0 Å². The molecule has 0 unspecified atom stereocenters. The summed E-state index contributed by atoms with van der Waals surface area (Å²) in [6.45, 7) is 1.20. The maximum absolute atomic E-state index is 12.1. The van der Waals surface area contributed by atoms with E-state index in [9.17, 15) is 27.9 Å². The van der Waals surface area contributed by atoms with Gasteiger partial charge in [-0.2, -0.15) is 13.2 Å². The number of benzene rings is 1. The second-order valence-corrected chi connectivity index (χ2v) is 5.24. The summed E-state index contributed by atoms with van der Waals surface area (Å²) in [5.41, 5.74) is -4.43. The molecule has 0 saturated carbocycles. The van der Waals surface area contributed by atoms with Crippen molar-refractivity contribution in [3.05, 3.63) is 29.8 Å². The van der Waals surface area contributed by atoms with E-state index in [4.69, 9.17) is 5.11 Å². The molecule has 1 aromatic rings. The molecule has 1 aromatic carbocycles. The standard InChI is InChI=1S/C12H12F3NO4S/c1-6(17)9(11(19)20)16-10(18)7-2-4-8(5-3-7)21-12(13,14)15/h2-6,9,17H,1H3,(H,16,18)(H,19,20)/t6-,9+/m1/s1. The van der Waals surface area contributed by atoms with Gasteiger partial charge in [0.15, 0.2) is 6.04 Å². The van der Waals surface area contributed by atoms with Gasteiger partial charge in [-0.1, -0.05) is 0 Å². The Balaban J connectivity index is 2.77. The van der Waals surface area contributed by atoms with E-state index in [1.54, 1.807) is 0 Å². The molecule has 0 aromatic heterocycles. The van der Waals surface area contributed by atoms with Gasteiger partial charge in [-0.05, 0) is 43.0 Å². The Bertz CT molecular complexity index is 516. The minimum Gasteiger partial charge on any atom is -0.480 e. The van der Waals surface area contributed by atoms with Crippen molar-refractivity contribution in [2.45, 2.75) is 29.5 Å². The molecule has 2 atom stereocenters. The largest absolute Gasteiger partial charge is 0.480 e. The van der Waals surface area contributed by atoms with Gasteiger partial charge in [0.2, 0.25) is 0 Å². The number of rotatable bonds is 5. The van der Waals surface area contributed by atoms with Gasteiger partial charge < -0.3 is 15.5 Å². The third-order valence-corrected chi connectivity index (χ3v) is 3.12. The number of carbonyl (C=O) groups is 2. The van der Waals surface area contributed by atoms with Crippen molar-refractivity contribution in [3.8, 4) is 0 Å². The van der Waals surface area contributed by atoms with Gasteiger partial charge in [0.25, 0.3) is 5.91 Å². The van der Waals surface area contributed by atoms with E-state index in [1.807, 2.05) is 0 Å². The van der Waals surface area contributed by atoms with Crippen LogP contribution in [-0.4, -0.2) is 39.7 Å². The number of nitrogens with one attached hydrogen (secondary N) is 1. The summed E-state index contributed by atoms with van der Waals surface area (Å²) in [5, 5.41) is 20.1. The predicted molar refractivity (Wildman–Crippen MR) is 68.9 cm³/mol. The molecule has 0 radical (unpaired) electrons. The summed E-state index contributed by atoms with van der Waals surface area (Å²) in [7, 11) is 0. The molecule has 116 valence electrons. The highest BCUT2D eigenvalue weighted by Gasteiger charge is 2.29. The molecule has 0 aliphatic carbocycles. The molecule has 9 heteroatoms. The number of halogens is 3. The number of alkyl halides is 3. The normalized spacial score (nSPS) is 14.3. The lowest BCUT2D eigenvalue weighted by Gasteiger charge is -2.17. The highest BCUT2D eigenvalue weighted by atomic mass is 32.2. The highest BCUT2D eigenvalue weighted by molar-refractivity contribution is 8.00. The monoisotopic (exact) mass is 323 g/mol. The highest BCUT2D eigenvalue weighted by Crippen LogP contribution is 2.36. The fourth-order valence-corrected chi connectivity index (χ4v) is 1.96. The van der Waals surface area contributed by atoms with Gasteiger partial charge in [0, 0.05) is 10.5 Å². The zero-order valence-corrected chi connectivity index (χ0v) is 11.5. The summed E-state index contributed by atoms with van der Waals surface area (Å²) < 4.78 is 36.4. The Morgan fingerprint density at radius 2 is 1.76 bits per heavy atom. The average molecular weight is 323 g/mol. The first-order chi connectivity index (χ1) is 9.60. The molecule has 0 spiro atoms. The van der Waals surface area contributed by atoms with E-state index in [1.165, 1.54) is 6.92 Å². The molecule has 0 fully saturated rings. The molecule has 1 amide bonds. The second kappa shape index (κ2) is 6.81. The number of aliphatic hydroxyl groups is 1. The van der Waals surface area contributed by atoms with E-state index in [0.717, 1.165) is 24.3 Å². The summed E-state index contributed by atoms with van der Waals surface area (Å²) >= 11 is -0.321. The molecule has 0 bridgehead atoms. The topological polar surface area (TPSA) is 86.6 Å². The number of carbonyl (C=O) groups excluding carboxylic acids is 1. The number of hydrogen-bond donors (Lipinski definition) is 3. The van der Waals surface area contributed by atoms with E-state index >= 15 is 0 Å². The van der Waals surface area contributed by atoms with Crippen LogP contribution in [0, 0.1) is 0 Å². The molecule has 3 N–H and O–H groups in total. The van der Waals surface area contributed by atoms with Crippen molar-refractivity contribution >= 4 is 23.6 Å². The van der Waals surface area contributed by atoms with Crippen molar-refractivity contribution in [3.63, 3.8) is 0 Å². The second-order valence-electron chi connectivity index (χ2n) is 4.10. The van der Waals surface area contributed by atoms with Gasteiger partial charge in [0.1, 0.15) is 0 Å². The molecular weight excluding hydrogens is 311 g/mol. The number of carboxylic acid groups (broad SMARTS) is 1. The summed E-state index contributed by atoms with van der Waals surface area (Å²) in [6.07, 6.45) is -1.31. The van der Waals surface area contributed by atoms with Crippen LogP contribution in [0.3, 0.4) is 0 Å². The summed E-state index contributed by atoms with van der Waals surface area (Å²) in [4.78, 5) is 22.5. The van der Waals surface area contributed by atoms with Gasteiger partial charge in [0.05, 0.1) is 6.10 Å². The van der Waals surface area contributed by atoms with Crippen molar-refractivity contribution < 1.29 is 33.0 Å². The third kappa shape index (κ3) is 5.64. The van der Waals surface area contributed by atoms with Crippen LogP contribution < -0.4 is 5.32 Å². The number of thioether (sulfide) groups is 1. The Morgan fingerprint density at radius 1 is 1.24 bits per heavy atom. The van der Waals surface area contributed by atoms with Crippen molar-refractivity contribution in [1.82, 2.24) is 5.32 Å². The molecule has 1 rings (SSSR count). The molecule has 21 heavy (non-hydrogen) atoms. The maximum Gasteiger partial charge on any atom is 0.446 e. The predicted octanol–water partition coefficient (Wildman–Crippen LogP) is 1.86. The Morgan fingerprint density at radius 3 is 2.14 bits per heavy atom. The van der Waals surface area contributed by atoms with E-state index in [2.05, 4.69) is 5.32 Å². The summed E-state index contributed by atoms with van der Waals surface area (Å²) in [6, 6.07) is 2.99. The SMILES string of the molecule is C[C@@H](O)[C@H](NC(=O)c1ccc(SC(F)(F)F)cc1)C(=O)O. The Hall–Kier alpha value is -1.74. The third-order valence-electron chi connectivity index (χ3n) is 2.39. The van der Waals surface area contributed by atoms with Crippen LogP contribution >= 0.6 is 11.8 Å². The van der Waals surface area contributed by atoms with E-state index in [0.29, 0.717) is 0 Å². The first-order valence-electron chi connectivity index (χ1n) is 5.67. The lowest BCUT2D eigenvalue weighted by Crippen LogP contribution is -2.47. The van der Waals surface area contributed by atoms with Gasteiger partial charge in [-0.25, -0.2) is 4.79 Å². The molecule has 0 aliphatic heterocycles. The van der Waals surface area contributed by atoms with E-state index < -0.39 is 29.5 Å². The van der Waals surface area contributed by atoms with Crippen molar-refractivity contribution in [2.75, 3.05) is 0 Å². The van der Waals surface area contributed by atoms with Gasteiger partial charge in [-0.3, -0.25) is 4.79 Å². The van der Waals surface area contributed by atoms with Crippen LogP contribution in [0.25, 0.3) is 0 Å². The van der Waals surface area contributed by atoms with Crippen LogP contribution in [-0.2, 0) is 4.79 Å². The van der Waals surface area contributed by atoms with E-state index in [-0.39, 0.29) is 22.2 Å². The average Bonchev–Trinajstić information content (AvgIpc) is 2.33. The minimum atomic E-state index is -4.43. The van der Waals surface area contributed by atoms with Crippen LogP contribution in [0.5, 0.6) is 0 Å². The zero-order valence-electron chi connectivity index (χ0n) is 10.7. The first kappa shape index (κ1) is 17.3. The molecule has 0 saturated heterocycles. The number of hydrogen-bond acceptors (Lipinski definition) is 4. The van der Waals surface area contributed by atoms with Gasteiger partial charge in [-0.15, -0.1) is 0 Å². The number of aliphatic carboxylic acids is 1. The molecule has 5 nitrogen and oxygen atoms in total. The van der Waals surface area contributed by atoms with Crippen LogP contribution in [0.1, 0.15) is 17.3 Å². The lowest BCUT2D eigenvalue weighted by atomic mass is 10.1. The Labute approximate surface area is 122 Å². The number of amides is 1. The van der Waals surface area contributed by atoms with Crippen LogP contribution in [0.15, 0.2) is 29.2 Å². The Kier molecular flexibility index (Phi) is 5.62. The number of aliphatic hydroxyl groups excluding tert-OH is 1. The van der Waals surface area contributed by atoms with Gasteiger partial charge >= 0.3 is 11.5 Å². The first-order valence-corrected chi connectivity index (χ1v) is 6.49. The van der Waals surface area contributed by atoms with Crippen LogP contribution in [0.4, 0.5) is 13.2 Å². The number of carboxylic acids is 1. The fourth-order valence-electron chi connectivity index (χ4n) is 1.42. The molecule has 0 aliphatic rings. The summed E-state index contributed by atoms with van der Waals surface area (Å²) in [5.74, 6) is -2.21. The van der Waals surface area contributed by atoms with Crippen molar-refractivity contribution in [1.29, 1.82) is 0 Å². The maximum atomic E-state index is 12.1. The quantitative estimate of drug-likeness (QED) is 0.720. The smallest absolute Gasteiger partial charge is 0.446 e. The lowest BCUT2D eigenvalue weighted by molar-refractivity contribution is -0.141. The molecule has 0 heterocycles. The minimum absolute atomic E-state index is 0.00609. The zero-order chi connectivity index (χ0) is 16.2.